The van der Waals surface area contributed by atoms with Crippen LogP contribution < -0.4 is 11.1 Å². The molecule has 0 saturated heterocycles. The van der Waals surface area contributed by atoms with Gasteiger partial charge in [-0.2, -0.15) is 0 Å². The van der Waals surface area contributed by atoms with E-state index in [9.17, 15) is 15.0 Å². The molecule has 1 atom stereocenters. The van der Waals surface area contributed by atoms with Gasteiger partial charge in [-0.3, -0.25) is 4.79 Å². The van der Waals surface area contributed by atoms with Gasteiger partial charge in [0.05, 0.1) is 0 Å². The van der Waals surface area contributed by atoms with E-state index < -0.39 is 0 Å². The largest absolute Gasteiger partial charge is 0.508 e. The lowest BCUT2D eigenvalue weighted by atomic mass is 10.0. The van der Waals surface area contributed by atoms with Crippen LogP contribution in [0.25, 0.3) is 0 Å². The van der Waals surface area contributed by atoms with Gasteiger partial charge in [0, 0.05) is 18.2 Å². The number of rotatable bonds is 6. The molecule has 1 unspecified atom stereocenters. The van der Waals surface area contributed by atoms with Gasteiger partial charge in [-0.15, -0.1) is 0 Å². The highest BCUT2D eigenvalue weighted by atomic mass is 16.3. The van der Waals surface area contributed by atoms with Crippen molar-refractivity contribution in [2.24, 2.45) is 11.7 Å². The maximum absolute atomic E-state index is 11.8. The van der Waals surface area contributed by atoms with E-state index in [1.165, 1.54) is 18.2 Å². The van der Waals surface area contributed by atoms with Crippen LogP contribution in [0.15, 0.2) is 18.2 Å². The number of phenols is 2. The van der Waals surface area contributed by atoms with Crippen molar-refractivity contribution in [3.63, 3.8) is 0 Å². The van der Waals surface area contributed by atoms with Crippen LogP contribution in [-0.4, -0.2) is 29.2 Å². The molecule has 1 aromatic carbocycles. The topological polar surface area (TPSA) is 95.6 Å². The molecule has 0 aliphatic rings. The number of benzene rings is 1. The third-order valence-corrected chi connectivity index (χ3v) is 2.87. The molecule has 5 N–H and O–H groups in total. The SMILES string of the molecule is CCC(CCN)CNC(=O)c1cc(O)cc(O)c1. The standard InChI is InChI=1S/C13H20N2O3/c1-2-9(3-4-14)8-15-13(18)10-5-11(16)7-12(17)6-10/h5-7,9,16-17H,2-4,8,14H2,1H3,(H,15,18). The molecule has 100 valence electrons. The Balaban J connectivity index is 2.59. The zero-order valence-corrected chi connectivity index (χ0v) is 10.5. The van der Waals surface area contributed by atoms with E-state index in [2.05, 4.69) is 5.32 Å². The average molecular weight is 252 g/mol. The molecular formula is C13H20N2O3. The van der Waals surface area contributed by atoms with E-state index in [4.69, 9.17) is 5.73 Å². The number of carbonyl (C=O) groups excluding carboxylic acids is 1. The molecule has 1 amide bonds. The van der Waals surface area contributed by atoms with E-state index in [0.29, 0.717) is 19.0 Å². The van der Waals surface area contributed by atoms with Gasteiger partial charge in [-0.05, 0) is 31.0 Å². The van der Waals surface area contributed by atoms with Gasteiger partial charge >= 0.3 is 0 Å². The van der Waals surface area contributed by atoms with E-state index in [0.717, 1.165) is 12.8 Å². The maximum atomic E-state index is 11.8. The average Bonchev–Trinajstić information content (AvgIpc) is 2.32. The van der Waals surface area contributed by atoms with Gasteiger partial charge in [0.1, 0.15) is 11.5 Å². The molecule has 1 aromatic rings. The van der Waals surface area contributed by atoms with Crippen molar-refractivity contribution in [2.75, 3.05) is 13.1 Å². The van der Waals surface area contributed by atoms with E-state index in [1.54, 1.807) is 0 Å². The van der Waals surface area contributed by atoms with Crippen molar-refractivity contribution in [1.29, 1.82) is 0 Å². The second kappa shape index (κ2) is 6.86. The lowest BCUT2D eigenvalue weighted by Crippen LogP contribution is -2.30. The third kappa shape index (κ3) is 4.25. The molecule has 0 aliphatic carbocycles. The van der Waals surface area contributed by atoms with Crippen molar-refractivity contribution in [1.82, 2.24) is 5.32 Å². The fourth-order valence-electron chi connectivity index (χ4n) is 1.75. The first-order chi connectivity index (χ1) is 8.56. The zero-order chi connectivity index (χ0) is 13.5. The summed E-state index contributed by atoms with van der Waals surface area (Å²) in [4.78, 5) is 11.8. The Morgan fingerprint density at radius 1 is 1.33 bits per heavy atom. The van der Waals surface area contributed by atoms with Crippen LogP contribution in [0.4, 0.5) is 0 Å². The van der Waals surface area contributed by atoms with E-state index >= 15 is 0 Å². The van der Waals surface area contributed by atoms with Crippen LogP contribution in [0.1, 0.15) is 30.1 Å². The van der Waals surface area contributed by atoms with E-state index in [-0.39, 0.29) is 23.0 Å². The van der Waals surface area contributed by atoms with Crippen molar-refractivity contribution in [3.8, 4) is 11.5 Å². The number of nitrogens with one attached hydrogen (secondary N) is 1. The maximum Gasteiger partial charge on any atom is 0.251 e. The number of carbonyl (C=O) groups is 1. The fraction of sp³-hybridized carbons (Fsp3) is 0.462. The normalized spacial score (nSPS) is 12.1. The highest BCUT2D eigenvalue weighted by molar-refractivity contribution is 5.95. The highest BCUT2D eigenvalue weighted by Gasteiger charge is 2.11. The second-order valence-corrected chi connectivity index (χ2v) is 4.30. The summed E-state index contributed by atoms with van der Waals surface area (Å²) in [6, 6.07) is 3.82. The van der Waals surface area contributed by atoms with Crippen LogP contribution in [-0.2, 0) is 0 Å². The first kappa shape index (κ1) is 14.3. The van der Waals surface area contributed by atoms with E-state index in [1.807, 2.05) is 6.92 Å². The molecule has 0 bridgehead atoms. The number of amides is 1. The molecule has 5 heteroatoms. The predicted octanol–water partition coefficient (Wildman–Crippen LogP) is 1.20. The van der Waals surface area contributed by atoms with Crippen LogP contribution >= 0.6 is 0 Å². The summed E-state index contributed by atoms with van der Waals surface area (Å²) < 4.78 is 0. The molecule has 0 radical (unpaired) electrons. The van der Waals surface area contributed by atoms with Gasteiger partial charge < -0.3 is 21.3 Å². The smallest absolute Gasteiger partial charge is 0.251 e. The third-order valence-electron chi connectivity index (χ3n) is 2.87. The molecule has 0 saturated carbocycles. The van der Waals surface area contributed by atoms with Crippen molar-refractivity contribution in [3.05, 3.63) is 23.8 Å². The summed E-state index contributed by atoms with van der Waals surface area (Å²) in [5.41, 5.74) is 5.73. The zero-order valence-electron chi connectivity index (χ0n) is 10.5. The Labute approximate surface area is 107 Å². The predicted molar refractivity (Wildman–Crippen MR) is 69.6 cm³/mol. The monoisotopic (exact) mass is 252 g/mol. The van der Waals surface area contributed by atoms with Gasteiger partial charge in [-0.1, -0.05) is 13.3 Å². The number of hydrogen-bond acceptors (Lipinski definition) is 4. The molecule has 5 nitrogen and oxygen atoms in total. The first-order valence-electron chi connectivity index (χ1n) is 6.08. The van der Waals surface area contributed by atoms with Crippen molar-refractivity contribution < 1.29 is 15.0 Å². The first-order valence-corrected chi connectivity index (χ1v) is 6.08. The quantitative estimate of drug-likeness (QED) is 0.612. The van der Waals surface area contributed by atoms with Gasteiger partial charge in [0.25, 0.3) is 5.91 Å². The lowest BCUT2D eigenvalue weighted by Gasteiger charge is -2.14. The van der Waals surface area contributed by atoms with Gasteiger partial charge in [-0.25, -0.2) is 0 Å². The number of hydrogen-bond donors (Lipinski definition) is 4. The second-order valence-electron chi connectivity index (χ2n) is 4.30. The van der Waals surface area contributed by atoms with Crippen LogP contribution in [0.3, 0.4) is 0 Å². The summed E-state index contributed by atoms with van der Waals surface area (Å²) in [5.74, 6) is -0.218. The molecule has 0 heterocycles. The van der Waals surface area contributed by atoms with Crippen molar-refractivity contribution in [2.45, 2.75) is 19.8 Å². The summed E-state index contributed by atoms with van der Waals surface area (Å²) in [6.45, 7) is 3.19. The molecule has 18 heavy (non-hydrogen) atoms. The molecule has 0 aromatic heterocycles. The van der Waals surface area contributed by atoms with Gasteiger partial charge in [0.15, 0.2) is 0 Å². The Hall–Kier alpha value is -1.75. The summed E-state index contributed by atoms with van der Waals surface area (Å²) >= 11 is 0. The molecule has 0 aliphatic heterocycles. The van der Waals surface area contributed by atoms with Crippen molar-refractivity contribution >= 4 is 5.91 Å². The fourth-order valence-corrected chi connectivity index (χ4v) is 1.75. The Morgan fingerprint density at radius 3 is 2.44 bits per heavy atom. The Kier molecular flexibility index (Phi) is 5.45. The Morgan fingerprint density at radius 2 is 1.94 bits per heavy atom. The molecule has 0 fully saturated rings. The molecule has 1 rings (SSSR count). The minimum absolute atomic E-state index is 0.130. The summed E-state index contributed by atoms with van der Waals surface area (Å²) in [6.07, 6.45) is 1.81. The summed E-state index contributed by atoms with van der Waals surface area (Å²) in [7, 11) is 0. The van der Waals surface area contributed by atoms with Crippen LogP contribution in [0, 0.1) is 5.92 Å². The van der Waals surface area contributed by atoms with Crippen LogP contribution in [0.5, 0.6) is 11.5 Å². The number of aromatic hydroxyl groups is 2. The lowest BCUT2D eigenvalue weighted by molar-refractivity contribution is 0.0945. The number of nitrogens with two attached hydrogens (primary N) is 1. The molecular weight excluding hydrogens is 232 g/mol. The minimum Gasteiger partial charge on any atom is -0.508 e. The molecule has 0 spiro atoms. The van der Waals surface area contributed by atoms with Crippen LogP contribution in [0.2, 0.25) is 0 Å². The minimum atomic E-state index is -0.309. The van der Waals surface area contributed by atoms with Gasteiger partial charge in [0.2, 0.25) is 0 Å². The number of phenolic OH excluding ortho intramolecular Hbond substituents is 2. The Bertz CT molecular complexity index is 387. The summed E-state index contributed by atoms with van der Waals surface area (Å²) in [5, 5.41) is 21.4. The highest BCUT2D eigenvalue weighted by Crippen LogP contribution is 2.20.